The molecule has 2 heterocycles. The van der Waals surface area contributed by atoms with Gasteiger partial charge >= 0.3 is 0 Å². The largest absolute Gasteiger partial charge is 0.362 e. The van der Waals surface area contributed by atoms with Gasteiger partial charge in [-0.05, 0) is 50.5 Å². The summed E-state index contributed by atoms with van der Waals surface area (Å²) >= 11 is 1.71. The minimum Gasteiger partial charge on any atom is -0.362 e. The van der Waals surface area contributed by atoms with Crippen LogP contribution in [-0.4, -0.2) is 15.0 Å². The molecule has 1 N–H and O–H groups in total. The van der Waals surface area contributed by atoms with Gasteiger partial charge in [-0.3, -0.25) is 0 Å². The molecule has 3 aromatic rings. The highest BCUT2D eigenvalue weighted by Gasteiger charge is 2.25. The van der Waals surface area contributed by atoms with Crippen molar-refractivity contribution >= 4 is 17.2 Å². The molecule has 1 unspecified atom stereocenters. The molecular formula is C18H17FN4S. The molecule has 122 valence electrons. The number of rotatable bonds is 3. The highest BCUT2D eigenvalue weighted by atomic mass is 32.1. The van der Waals surface area contributed by atoms with Crippen LogP contribution >= 0.6 is 11.3 Å². The number of fused-ring (bicyclic) bond motifs is 1. The molecule has 0 fully saturated rings. The van der Waals surface area contributed by atoms with Crippen LogP contribution in [0.1, 0.15) is 35.1 Å². The van der Waals surface area contributed by atoms with E-state index in [1.54, 1.807) is 29.8 Å². The maximum Gasteiger partial charge on any atom is 0.130 e. The number of anilines is 1. The molecule has 1 aliphatic rings. The monoisotopic (exact) mass is 340 g/mol. The lowest BCUT2D eigenvalue weighted by atomic mass is 9.97. The van der Waals surface area contributed by atoms with Crippen molar-refractivity contribution in [2.45, 2.75) is 32.2 Å². The maximum atomic E-state index is 13.1. The fourth-order valence-electron chi connectivity index (χ4n) is 2.99. The Hall–Kier alpha value is -2.34. The number of hydrogen-bond acceptors (Lipinski definition) is 5. The second kappa shape index (κ2) is 6.28. The Morgan fingerprint density at radius 3 is 2.83 bits per heavy atom. The molecule has 0 radical (unpaired) electrons. The molecule has 6 heteroatoms. The summed E-state index contributed by atoms with van der Waals surface area (Å²) in [6.45, 7) is 1.95. The quantitative estimate of drug-likeness (QED) is 0.761. The van der Waals surface area contributed by atoms with E-state index < -0.39 is 0 Å². The Morgan fingerprint density at radius 1 is 1.21 bits per heavy atom. The van der Waals surface area contributed by atoms with Crippen LogP contribution in [0, 0.1) is 12.7 Å². The van der Waals surface area contributed by atoms with E-state index in [1.807, 2.05) is 13.0 Å². The third-order valence-corrected chi connectivity index (χ3v) is 5.35. The molecule has 4 rings (SSSR count). The van der Waals surface area contributed by atoms with Gasteiger partial charge in [-0.15, -0.1) is 11.3 Å². The number of aryl methyl sites for hydroxylation is 2. The standard InChI is InChI=1S/C18H17FN4S/c1-11-9-16(21-10-20-11)22-14-3-2-4-15-17(14)23-18(24-15)12-5-7-13(19)8-6-12/h5-10,14H,2-4H2,1H3,(H,20,21,22). The minimum atomic E-state index is -0.223. The zero-order valence-corrected chi connectivity index (χ0v) is 14.1. The Morgan fingerprint density at radius 2 is 2.04 bits per heavy atom. The van der Waals surface area contributed by atoms with Gasteiger partial charge in [-0.1, -0.05) is 0 Å². The number of aromatic nitrogens is 3. The fourth-order valence-corrected chi connectivity index (χ4v) is 4.16. The van der Waals surface area contributed by atoms with Crippen molar-refractivity contribution in [3.05, 3.63) is 58.7 Å². The first-order chi connectivity index (χ1) is 11.7. The van der Waals surface area contributed by atoms with Gasteiger partial charge in [-0.2, -0.15) is 0 Å². The second-order valence-corrected chi connectivity index (χ2v) is 7.05. The normalized spacial score (nSPS) is 16.7. The van der Waals surface area contributed by atoms with E-state index >= 15 is 0 Å². The highest BCUT2D eigenvalue weighted by molar-refractivity contribution is 7.15. The van der Waals surface area contributed by atoms with Gasteiger partial charge in [0.05, 0.1) is 11.7 Å². The summed E-state index contributed by atoms with van der Waals surface area (Å²) in [6, 6.07) is 8.64. The van der Waals surface area contributed by atoms with Gasteiger partial charge in [0.1, 0.15) is 23.0 Å². The third kappa shape index (κ3) is 3.01. The van der Waals surface area contributed by atoms with Gasteiger partial charge in [-0.25, -0.2) is 19.3 Å². The van der Waals surface area contributed by atoms with Crippen LogP contribution in [0.25, 0.3) is 10.6 Å². The average molecular weight is 340 g/mol. The van der Waals surface area contributed by atoms with Crippen LogP contribution in [0.2, 0.25) is 0 Å². The van der Waals surface area contributed by atoms with Crippen molar-refractivity contribution in [1.82, 2.24) is 15.0 Å². The van der Waals surface area contributed by atoms with E-state index in [-0.39, 0.29) is 11.9 Å². The van der Waals surface area contributed by atoms with Gasteiger partial charge in [0, 0.05) is 22.2 Å². The lowest BCUT2D eigenvalue weighted by Gasteiger charge is -2.22. The Balaban J connectivity index is 1.64. The Kier molecular flexibility index (Phi) is 3.98. The fraction of sp³-hybridized carbons (Fsp3) is 0.278. The van der Waals surface area contributed by atoms with E-state index in [1.165, 1.54) is 17.0 Å². The third-order valence-electron chi connectivity index (χ3n) is 4.17. The molecule has 1 aromatic carbocycles. The van der Waals surface area contributed by atoms with Crippen LogP contribution < -0.4 is 5.32 Å². The molecule has 0 aliphatic heterocycles. The van der Waals surface area contributed by atoms with Crippen LogP contribution in [0.4, 0.5) is 10.2 Å². The van der Waals surface area contributed by atoms with Gasteiger partial charge < -0.3 is 5.32 Å². The van der Waals surface area contributed by atoms with Crippen molar-refractivity contribution < 1.29 is 4.39 Å². The number of hydrogen-bond donors (Lipinski definition) is 1. The summed E-state index contributed by atoms with van der Waals surface area (Å²) in [5.41, 5.74) is 3.00. The predicted molar refractivity (Wildman–Crippen MR) is 93.6 cm³/mol. The van der Waals surface area contributed by atoms with E-state index in [9.17, 15) is 4.39 Å². The summed E-state index contributed by atoms with van der Waals surface area (Å²) in [4.78, 5) is 14.6. The number of halogens is 1. The van der Waals surface area contributed by atoms with E-state index in [2.05, 4.69) is 15.3 Å². The average Bonchev–Trinajstić information content (AvgIpc) is 3.01. The Labute approximate surface area is 143 Å². The summed E-state index contributed by atoms with van der Waals surface area (Å²) in [5.74, 6) is 0.607. The molecular weight excluding hydrogens is 323 g/mol. The SMILES string of the molecule is Cc1cc(NC2CCCc3sc(-c4ccc(F)cc4)nc32)ncn1. The molecule has 0 amide bonds. The molecule has 2 aromatic heterocycles. The number of nitrogens with one attached hydrogen (secondary N) is 1. The van der Waals surface area contributed by atoms with Crippen molar-refractivity contribution in [1.29, 1.82) is 0 Å². The summed E-state index contributed by atoms with van der Waals surface area (Å²) in [6.07, 6.45) is 4.78. The lowest BCUT2D eigenvalue weighted by molar-refractivity contribution is 0.592. The molecule has 0 saturated carbocycles. The molecule has 0 bridgehead atoms. The van der Waals surface area contributed by atoms with Crippen molar-refractivity contribution in [2.75, 3.05) is 5.32 Å². The topological polar surface area (TPSA) is 50.7 Å². The minimum absolute atomic E-state index is 0.161. The second-order valence-electron chi connectivity index (χ2n) is 5.97. The molecule has 0 saturated heterocycles. The van der Waals surface area contributed by atoms with Crippen LogP contribution in [0.3, 0.4) is 0 Å². The summed E-state index contributed by atoms with van der Waals surface area (Å²) in [5, 5.41) is 4.44. The summed E-state index contributed by atoms with van der Waals surface area (Å²) in [7, 11) is 0. The lowest BCUT2D eigenvalue weighted by Crippen LogP contribution is -2.17. The van der Waals surface area contributed by atoms with E-state index in [0.717, 1.165) is 47.0 Å². The van der Waals surface area contributed by atoms with Crippen molar-refractivity contribution in [2.24, 2.45) is 0 Å². The van der Waals surface area contributed by atoms with Gasteiger partial charge in [0.15, 0.2) is 0 Å². The van der Waals surface area contributed by atoms with Gasteiger partial charge in [0.25, 0.3) is 0 Å². The van der Waals surface area contributed by atoms with Crippen LogP contribution in [-0.2, 0) is 6.42 Å². The van der Waals surface area contributed by atoms with Crippen molar-refractivity contribution in [3.8, 4) is 10.6 Å². The van der Waals surface area contributed by atoms with Gasteiger partial charge in [0.2, 0.25) is 0 Å². The highest BCUT2D eigenvalue weighted by Crippen LogP contribution is 2.38. The number of benzene rings is 1. The smallest absolute Gasteiger partial charge is 0.130 e. The number of nitrogens with zero attached hydrogens (tertiary/aromatic N) is 3. The van der Waals surface area contributed by atoms with E-state index in [0.29, 0.717) is 0 Å². The zero-order valence-electron chi connectivity index (χ0n) is 13.3. The van der Waals surface area contributed by atoms with Crippen LogP contribution in [0.5, 0.6) is 0 Å². The number of thiazole rings is 1. The molecule has 1 aliphatic carbocycles. The maximum absolute atomic E-state index is 13.1. The Bertz CT molecular complexity index is 860. The van der Waals surface area contributed by atoms with E-state index in [4.69, 9.17) is 4.98 Å². The zero-order chi connectivity index (χ0) is 16.5. The van der Waals surface area contributed by atoms with Crippen molar-refractivity contribution in [3.63, 3.8) is 0 Å². The first kappa shape index (κ1) is 15.2. The van der Waals surface area contributed by atoms with Crippen LogP contribution in [0.15, 0.2) is 36.7 Å². The molecule has 4 nitrogen and oxygen atoms in total. The molecule has 24 heavy (non-hydrogen) atoms. The molecule has 1 atom stereocenters. The first-order valence-electron chi connectivity index (χ1n) is 8.00. The summed E-state index contributed by atoms with van der Waals surface area (Å²) < 4.78 is 13.1. The predicted octanol–water partition coefficient (Wildman–Crippen LogP) is 4.54. The first-order valence-corrected chi connectivity index (χ1v) is 8.81. The molecule has 0 spiro atoms.